The number of carbonyl (C=O) groups is 1. The van der Waals surface area contributed by atoms with E-state index in [0.717, 1.165) is 0 Å². The number of hydrogen-bond donors (Lipinski definition) is 1. The van der Waals surface area contributed by atoms with Crippen molar-refractivity contribution < 1.29 is 4.79 Å². The minimum Gasteiger partial charge on any atom is -0.352 e. The van der Waals surface area contributed by atoms with Gasteiger partial charge in [0, 0.05) is 12.5 Å². The summed E-state index contributed by atoms with van der Waals surface area (Å²) >= 11 is 0. The van der Waals surface area contributed by atoms with E-state index < -0.39 is 0 Å². The second-order valence-electron chi connectivity index (χ2n) is 2.93. The van der Waals surface area contributed by atoms with Crippen molar-refractivity contribution in [2.45, 2.75) is 47.1 Å². The second-order valence-corrected chi connectivity index (χ2v) is 2.93. The third-order valence-electron chi connectivity index (χ3n) is 0.551. The maximum atomic E-state index is 10.3. The van der Waals surface area contributed by atoms with Gasteiger partial charge in [-0.05, 0) is 20.8 Å². The average molecular weight is 145 g/mol. The third-order valence-corrected chi connectivity index (χ3v) is 0.551. The van der Waals surface area contributed by atoms with E-state index in [1.165, 1.54) is 6.92 Å². The van der Waals surface area contributed by atoms with E-state index in [1.54, 1.807) is 0 Å². The molecule has 0 spiro atoms. The van der Waals surface area contributed by atoms with Crippen LogP contribution >= 0.6 is 0 Å². The lowest BCUT2D eigenvalue weighted by molar-refractivity contribution is -0.120. The van der Waals surface area contributed by atoms with E-state index >= 15 is 0 Å². The molecular weight excluding hydrogens is 126 g/mol. The largest absolute Gasteiger partial charge is 0.352 e. The van der Waals surface area contributed by atoms with Crippen molar-refractivity contribution in [3.63, 3.8) is 0 Å². The Kier molecular flexibility index (Phi) is 6.42. The number of nitrogens with one attached hydrogen (secondary N) is 1. The van der Waals surface area contributed by atoms with Crippen LogP contribution in [0.4, 0.5) is 0 Å². The number of hydrogen-bond acceptors (Lipinski definition) is 1. The average Bonchev–Trinajstić information content (AvgIpc) is 1.64. The molecule has 10 heavy (non-hydrogen) atoms. The van der Waals surface area contributed by atoms with Crippen LogP contribution in [0.25, 0.3) is 0 Å². The molecule has 0 aromatic rings. The molecule has 0 heterocycles. The first-order valence-electron chi connectivity index (χ1n) is 3.70. The normalized spacial score (nSPS) is 9.40. The molecule has 62 valence electrons. The minimum atomic E-state index is -0.0775. The highest BCUT2D eigenvalue weighted by molar-refractivity contribution is 5.73. The molecule has 0 aliphatic carbocycles. The molecule has 0 aliphatic heterocycles. The predicted molar refractivity (Wildman–Crippen MR) is 44.9 cm³/mol. The van der Waals surface area contributed by atoms with E-state index in [2.05, 4.69) is 5.32 Å². The molecule has 1 N–H and O–H groups in total. The van der Waals surface area contributed by atoms with Gasteiger partial charge in [0.05, 0.1) is 0 Å². The summed E-state index contributed by atoms with van der Waals surface area (Å²) in [5, 5.41) is 2.74. The Morgan fingerprint density at radius 1 is 1.20 bits per heavy atom. The van der Waals surface area contributed by atoms with Gasteiger partial charge in [0.1, 0.15) is 0 Å². The maximum absolute atomic E-state index is 10.3. The van der Waals surface area contributed by atoms with Gasteiger partial charge in [0.15, 0.2) is 0 Å². The van der Waals surface area contributed by atoms with Crippen LogP contribution in [0.3, 0.4) is 0 Å². The Bertz CT molecular complexity index is 91.9. The molecular formula is C8H19NO. The van der Waals surface area contributed by atoms with Crippen LogP contribution in [0.1, 0.15) is 41.5 Å². The fraction of sp³-hybridized carbons (Fsp3) is 0.875. The molecule has 0 saturated heterocycles. The molecule has 0 saturated carbocycles. The van der Waals surface area contributed by atoms with Crippen LogP contribution in [-0.4, -0.2) is 11.4 Å². The first-order chi connectivity index (χ1) is 4.42. The van der Waals surface area contributed by atoms with Gasteiger partial charge in [-0.15, -0.1) is 0 Å². The van der Waals surface area contributed by atoms with Gasteiger partial charge in [-0.2, -0.15) is 0 Å². The van der Waals surface area contributed by atoms with E-state index in [9.17, 15) is 4.79 Å². The first kappa shape index (κ1) is 12.2. The molecule has 0 rings (SSSR count). The molecule has 0 bridgehead atoms. The summed E-state index contributed by atoms with van der Waals surface area (Å²) in [6, 6.07) is 0. The van der Waals surface area contributed by atoms with Gasteiger partial charge in [0.25, 0.3) is 0 Å². The SMILES string of the molecule is CC.CC(=O)NC(C)(C)C. The van der Waals surface area contributed by atoms with Gasteiger partial charge < -0.3 is 5.32 Å². The second kappa shape index (κ2) is 5.27. The van der Waals surface area contributed by atoms with Crippen molar-refractivity contribution in [3.8, 4) is 0 Å². The first-order valence-corrected chi connectivity index (χ1v) is 3.70. The van der Waals surface area contributed by atoms with Gasteiger partial charge in [-0.3, -0.25) is 4.79 Å². The zero-order chi connectivity index (χ0) is 8.78. The Morgan fingerprint density at radius 3 is 1.50 bits per heavy atom. The molecule has 0 radical (unpaired) electrons. The summed E-state index contributed by atoms with van der Waals surface area (Å²) in [6.07, 6.45) is 0. The molecule has 0 unspecified atom stereocenters. The Balaban J connectivity index is 0. The topological polar surface area (TPSA) is 29.1 Å². The van der Waals surface area contributed by atoms with Crippen molar-refractivity contribution in [2.75, 3.05) is 0 Å². The third kappa shape index (κ3) is 15.6. The fourth-order valence-corrected chi connectivity index (χ4v) is 0.528. The summed E-state index contributed by atoms with van der Waals surface area (Å²) in [7, 11) is 0. The molecule has 2 heteroatoms. The predicted octanol–water partition coefficient (Wildman–Crippen LogP) is 1.95. The molecule has 1 amide bonds. The monoisotopic (exact) mass is 145 g/mol. The Morgan fingerprint density at radius 2 is 1.50 bits per heavy atom. The highest BCUT2D eigenvalue weighted by atomic mass is 16.1. The van der Waals surface area contributed by atoms with Crippen molar-refractivity contribution in [1.29, 1.82) is 0 Å². The van der Waals surface area contributed by atoms with Crippen LogP contribution in [-0.2, 0) is 4.79 Å². The molecule has 2 nitrogen and oxygen atoms in total. The van der Waals surface area contributed by atoms with E-state index in [0.29, 0.717) is 0 Å². The molecule has 0 aromatic heterocycles. The fourth-order valence-electron chi connectivity index (χ4n) is 0.528. The van der Waals surface area contributed by atoms with Gasteiger partial charge >= 0.3 is 0 Å². The van der Waals surface area contributed by atoms with Crippen LogP contribution < -0.4 is 5.32 Å². The summed E-state index contributed by atoms with van der Waals surface area (Å²) in [5.74, 6) is 0.0255. The quantitative estimate of drug-likeness (QED) is 0.554. The van der Waals surface area contributed by atoms with Gasteiger partial charge in [-0.25, -0.2) is 0 Å². The van der Waals surface area contributed by atoms with E-state index in [-0.39, 0.29) is 11.4 Å². The van der Waals surface area contributed by atoms with E-state index in [4.69, 9.17) is 0 Å². The zero-order valence-corrected chi connectivity index (χ0v) is 7.91. The zero-order valence-electron chi connectivity index (χ0n) is 7.91. The Labute approximate surface area is 64.0 Å². The lowest BCUT2D eigenvalue weighted by Gasteiger charge is -2.18. The molecule has 0 atom stereocenters. The summed E-state index contributed by atoms with van der Waals surface area (Å²) < 4.78 is 0. The summed E-state index contributed by atoms with van der Waals surface area (Å²) in [4.78, 5) is 10.3. The van der Waals surface area contributed by atoms with Crippen LogP contribution in [0, 0.1) is 0 Å². The van der Waals surface area contributed by atoms with E-state index in [1.807, 2.05) is 34.6 Å². The Hall–Kier alpha value is -0.530. The van der Waals surface area contributed by atoms with Crippen LogP contribution in [0.2, 0.25) is 0 Å². The number of rotatable bonds is 0. The molecule has 0 fully saturated rings. The summed E-state index contributed by atoms with van der Waals surface area (Å²) in [5.41, 5.74) is -0.0775. The van der Waals surface area contributed by atoms with Crippen molar-refractivity contribution in [2.24, 2.45) is 0 Å². The lowest BCUT2D eigenvalue weighted by Crippen LogP contribution is -2.38. The standard InChI is InChI=1S/C6H13NO.C2H6/c1-5(8)7-6(2,3)4;1-2/h1-4H3,(H,7,8);1-2H3. The highest BCUT2D eigenvalue weighted by Gasteiger charge is 2.08. The van der Waals surface area contributed by atoms with Crippen molar-refractivity contribution in [3.05, 3.63) is 0 Å². The van der Waals surface area contributed by atoms with Gasteiger partial charge in [-0.1, -0.05) is 13.8 Å². The highest BCUT2D eigenvalue weighted by Crippen LogP contribution is 1.96. The van der Waals surface area contributed by atoms with Crippen molar-refractivity contribution >= 4 is 5.91 Å². The minimum absolute atomic E-state index is 0.0255. The van der Waals surface area contributed by atoms with Crippen LogP contribution in [0.15, 0.2) is 0 Å². The number of carbonyl (C=O) groups excluding carboxylic acids is 1. The smallest absolute Gasteiger partial charge is 0.217 e. The molecule has 0 aromatic carbocycles. The maximum Gasteiger partial charge on any atom is 0.217 e. The van der Waals surface area contributed by atoms with Gasteiger partial charge in [0.2, 0.25) is 5.91 Å². The lowest BCUT2D eigenvalue weighted by atomic mass is 10.1. The van der Waals surface area contributed by atoms with Crippen molar-refractivity contribution in [1.82, 2.24) is 5.32 Å². The van der Waals surface area contributed by atoms with Crippen LogP contribution in [0.5, 0.6) is 0 Å². The number of amides is 1. The summed E-state index contributed by atoms with van der Waals surface area (Å²) in [6.45, 7) is 11.4. The molecule has 0 aliphatic rings.